The second kappa shape index (κ2) is 9.75. The van der Waals surface area contributed by atoms with Gasteiger partial charge in [-0.05, 0) is 96.5 Å². The third-order valence-corrected chi connectivity index (χ3v) is 9.75. The first kappa shape index (κ1) is 25.8. The SMILES string of the molecule is N#Cc1ccc2c3c(cccc13)-c1cc(-c3ccc(-c4ccc5ccc6c(-c7ccccn7)ccc7ccc4c5c76)cc3)ccc1O2. The molecule has 1 aliphatic rings. The van der Waals surface area contributed by atoms with Crippen LogP contribution in [0.1, 0.15) is 5.56 Å². The first-order valence-electron chi connectivity index (χ1n) is 15.8. The van der Waals surface area contributed by atoms with E-state index < -0.39 is 0 Å². The van der Waals surface area contributed by atoms with Gasteiger partial charge >= 0.3 is 0 Å². The van der Waals surface area contributed by atoms with Crippen LogP contribution in [0.4, 0.5) is 0 Å². The van der Waals surface area contributed by atoms with Gasteiger partial charge in [0.05, 0.1) is 17.3 Å². The Morgan fingerprint density at radius 2 is 1.17 bits per heavy atom. The Hall–Kier alpha value is -6.50. The zero-order chi connectivity index (χ0) is 31.1. The molecule has 2 heterocycles. The Bertz CT molecular complexity index is 2760. The van der Waals surface area contributed by atoms with Crippen molar-refractivity contribution in [3.63, 3.8) is 0 Å². The van der Waals surface area contributed by atoms with Gasteiger partial charge in [0, 0.05) is 28.1 Å². The van der Waals surface area contributed by atoms with E-state index in [1.54, 1.807) is 0 Å². The third-order valence-electron chi connectivity index (χ3n) is 9.75. The van der Waals surface area contributed by atoms with E-state index in [-0.39, 0.29) is 0 Å². The normalized spacial score (nSPS) is 12.0. The maximum Gasteiger partial charge on any atom is 0.136 e. The Labute approximate surface area is 270 Å². The number of pyridine rings is 1. The second-order valence-corrected chi connectivity index (χ2v) is 12.2. The molecular formula is C44H24N2O. The van der Waals surface area contributed by atoms with Crippen molar-refractivity contribution in [3.05, 3.63) is 151 Å². The van der Waals surface area contributed by atoms with E-state index in [0.29, 0.717) is 5.56 Å². The van der Waals surface area contributed by atoms with Gasteiger partial charge in [0.25, 0.3) is 0 Å². The average molecular weight is 597 g/mol. The summed E-state index contributed by atoms with van der Waals surface area (Å²) in [5, 5.41) is 19.1. The van der Waals surface area contributed by atoms with E-state index in [0.717, 1.165) is 55.8 Å². The third kappa shape index (κ3) is 3.76. The molecule has 0 saturated carbocycles. The number of fused-ring (bicyclic) bond motifs is 2. The lowest BCUT2D eigenvalue weighted by molar-refractivity contribution is 0.487. The van der Waals surface area contributed by atoms with Crippen molar-refractivity contribution < 1.29 is 4.74 Å². The van der Waals surface area contributed by atoms with Crippen LogP contribution in [-0.4, -0.2) is 4.98 Å². The van der Waals surface area contributed by atoms with Crippen molar-refractivity contribution in [2.75, 3.05) is 0 Å². The number of benzene rings is 8. The first-order valence-corrected chi connectivity index (χ1v) is 15.8. The molecule has 0 radical (unpaired) electrons. The summed E-state index contributed by atoms with van der Waals surface area (Å²) in [6.45, 7) is 0. The lowest BCUT2D eigenvalue weighted by atomic mass is 9.87. The number of rotatable bonds is 3. The summed E-state index contributed by atoms with van der Waals surface area (Å²) in [4.78, 5) is 4.66. The average Bonchev–Trinajstić information content (AvgIpc) is 3.14. The molecule has 0 N–H and O–H groups in total. The van der Waals surface area contributed by atoms with Crippen LogP contribution in [0.5, 0.6) is 11.5 Å². The molecule has 216 valence electrons. The van der Waals surface area contributed by atoms with E-state index in [2.05, 4.69) is 114 Å². The van der Waals surface area contributed by atoms with Crippen molar-refractivity contribution in [2.45, 2.75) is 0 Å². The number of nitrogens with zero attached hydrogens (tertiary/aromatic N) is 2. The molecule has 0 atom stereocenters. The Morgan fingerprint density at radius 1 is 0.468 bits per heavy atom. The summed E-state index contributed by atoms with van der Waals surface area (Å²) >= 11 is 0. The fourth-order valence-electron chi connectivity index (χ4n) is 7.55. The lowest BCUT2D eigenvalue weighted by Gasteiger charge is -2.22. The van der Waals surface area contributed by atoms with Gasteiger partial charge in [-0.15, -0.1) is 0 Å². The molecule has 8 aromatic carbocycles. The van der Waals surface area contributed by atoms with Crippen LogP contribution in [0.15, 0.2) is 146 Å². The minimum Gasteiger partial charge on any atom is -0.456 e. The Kier molecular flexibility index (Phi) is 5.35. The zero-order valence-electron chi connectivity index (χ0n) is 25.2. The number of ether oxygens (including phenoxy) is 1. The van der Waals surface area contributed by atoms with E-state index in [4.69, 9.17) is 4.74 Å². The standard InChI is InChI=1S/C44H24N2O/c45-25-31-16-22-41-44-33(31)4-3-5-35(44)38-24-30(15-21-40(38)47-41)26-7-9-27(10-8-26)32-17-11-28-14-20-37-34(39-6-1-2-23-46-39)18-12-29-13-19-36(32)42(28)43(29)37/h1-24H. The van der Waals surface area contributed by atoms with Gasteiger partial charge in [0.15, 0.2) is 0 Å². The summed E-state index contributed by atoms with van der Waals surface area (Å²) in [6.07, 6.45) is 1.86. The van der Waals surface area contributed by atoms with Crippen LogP contribution in [-0.2, 0) is 0 Å². The minimum absolute atomic E-state index is 0.657. The summed E-state index contributed by atoms with van der Waals surface area (Å²) < 4.78 is 6.33. The van der Waals surface area contributed by atoms with Gasteiger partial charge in [0.2, 0.25) is 0 Å². The number of hydrogen-bond donors (Lipinski definition) is 0. The molecule has 0 aliphatic carbocycles. The van der Waals surface area contributed by atoms with Crippen LogP contribution < -0.4 is 4.74 Å². The molecule has 3 nitrogen and oxygen atoms in total. The molecule has 0 fully saturated rings. The van der Waals surface area contributed by atoms with Gasteiger partial charge < -0.3 is 4.74 Å². The molecule has 1 aliphatic heterocycles. The van der Waals surface area contributed by atoms with E-state index in [9.17, 15) is 5.26 Å². The molecule has 3 heteroatoms. The predicted octanol–water partition coefficient (Wildman–Crippen LogP) is 11.8. The molecule has 9 aromatic rings. The largest absolute Gasteiger partial charge is 0.456 e. The fraction of sp³-hybridized carbons (Fsp3) is 0. The minimum atomic E-state index is 0.657. The molecule has 10 rings (SSSR count). The maximum absolute atomic E-state index is 9.69. The van der Waals surface area contributed by atoms with Crippen LogP contribution in [0.25, 0.3) is 87.7 Å². The van der Waals surface area contributed by atoms with E-state index >= 15 is 0 Å². The highest BCUT2D eigenvalue weighted by molar-refractivity contribution is 6.27. The summed E-state index contributed by atoms with van der Waals surface area (Å²) in [5.41, 5.74) is 9.59. The van der Waals surface area contributed by atoms with Gasteiger partial charge in [-0.3, -0.25) is 4.98 Å². The highest BCUT2D eigenvalue weighted by Crippen LogP contribution is 2.48. The van der Waals surface area contributed by atoms with Crippen molar-refractivity contribution in [1.29, 1.82) is 5.26 Å². The van der Waals surface area contributed by atoms with Crippen LogP contribution in [0, 0.1) is 11.3 Å². The van der Waals surface area contributed by atoms with Crippen molar-refractivity contribution >= 4 is 43.1 Å². The summed E-state index contributed by atoms with van der Waals surface area (Å²) in [5.74, 6) is 1.62. The van der Waals surface area contributed by atoms with Crippen molar-refractivity contribution in [1.82, 2.24) is 4.98 Å². The molecular weight excluding hydrogens is 572 g/mol. The maximum atomic E-state index is 9.69. The summed E-state index contributed by atoms with van der Waals surface area (Å²) in [7, 11) is 0. The Morgan fingerprint density at radius 3 is 1.94 bits per heavy atom. The summed E-state index contributed by atoms with van der Waals surface area (Å²) in [6, 6.07) is 51.5. The van der Waals surface area contributed by atoms with Gasteiger partial charge in [-0.1, -0.05) is 103 Å². The molecule has 0 amide bonds. The predicted molar refractivity (Wildman–Crippen MR) is 192 cm³/mol. The fourth-order valence-corrected chi connectivity index (χ4v) is 7.55. The monoisotopic (exact) mass is 596 g/mol. The molecule has 47 heavy (non-hydrogen) atoms. The Balaban J connectivity index is 1.08. The number of aromatic nitrogens is 1. The molecule has 0 unspecified atom stereocenters. The van der Waals surface area contributed by atoms with Crippen LogP contribution >= 0.6 is 0 Å². The van der Waals surface area contributed by atoms with Gasteiger partial charge in [-0.2, -0.15) is 5.26 Å². The molecule has 0 saturated heterocycles. The second-order valence-electron chi connectivity index (χ2n) is 12.2. The molecule has 1 aromatic heterocycles. The van der Waals surface area contributed by atoms with Gasteiger partial charge in [0.1, 0.15) is 11.5 Å². The smallest absolute Gasteiger partial charge is 0.136 e. The first-order chi connectivity index (χ1) is 23.2. The van der Waals surface area contributed by atoms with Crippen LogP contribution in [0.3, 0.4) is 0 Å². The molecule has 0 spiro atoms. The quantitative estimate of drug-likeness (QED) is 0.191. The highest BCUT2D eigenvalue weighted by atomic mass is 16.5. The zero-order valence-corrected chi connectivity index (χ0v) is 25.2. The number of hydrogen-bond acceptors (Lipinski definition) is 3. The lowest BCUT2D eigenvalue weighted by Crippen LogP contribution is -1.98. The topological polar surface area (TPSA) is 45.9 Å². The molecule has 0 bridgehead atoms. The van der Waals surface area contributed by atoms with Gasteiger partial charge in [-0.25, -0.2) is 0 Å². The van der Waals surface area contributed by atoms with E-state index in [1.807, 2.05) is 42.6 Å². The van der Waals surface area contributed by atoms with Crippen LogP contribution in [0.2, 0.25) is 0 Å². The van der Waals surface area contributed by atoms with Crippen molar-refractivity contribution in [3.8, 4) is 62.2 Å². The van der Waals surface area contributed by atoms with Crippen molar-refractivity contribution in [2.24, 2.45) is 0 Å². The highest BCUT2D eigenvalue weighted by Gasteiger charge is 2.22. The van der Waals surface area contributed by atoms with E-state index in [1.165, 1.54) is 43.4 Å². The number of nitriles is 1.